The summed E-state index contributed by atoms with van der Waals surface area (Å²) in [5.74, 6) is -0.443. The van der Waals surface area contributed by atoms with Crippen LogP contribution in [-0.2, 0) is 20.6 Å². The maximum Gasteiger partial charge on any atom is 0.589 e. The Balaban J connectivity index is 1.71. The highest BCUT2D eigenvalue weighted by Crippen LogP contribution is 2.42. The molecule has 0 radical (unpaired) electrons. The number of benzene rings is 1. The molecule has 20 heavy (non-hydrogen) atoms. The Morgan fingerprint density at radius 2 is 2.20 bits per heavy atom. The van der Waals surface area contributed by atoms with E-state index < -0.39 is 24.6 Å². The third-order valence-electron chi connectivity index (χ3n) is 3.65. The second-order valence-electron chi connectivity index (χ2n) is 5.04. The van der Waals surface area contributed by atoms with Crippen LogP contribution in [-0.4, -0.2) is 29.7 Å². The maximum atomic E-state index is 12.3. The van der Waals surface area contributed by atoms with Gasteiger partial charge in [0.1, 0.15) is 6.42 Å². The number of aliphatic hydroxyl groups excluding tert-OH is 1. The number of carbonyl (C=O) groups excluding carboxylic acids is 2. The molecule has 0 aliphatic carbocycles. The number of carbonyl (C=O) groups is 2. The largest absolute Gasteiger partial charge is 0.617 e. The Bertz CT molecular complexity index is 537. The Kier molecular flexibility index (Phi) is 3.15. The molecule has 2 N–H and O–H groups in total. The second kappa shape index (κ2) is 4.84. The molecule has 0 bridgehead atoms. The molecule has 2 fully saturated rings. The molecule has 3 rings (SSSR count). The van der Waals surface area contributed by atoms with Crippen LogP contribution in [0.2, 0.25) is 0 Å². The summed E-state index contributed by atoms with van der Waals surface area (Å²) in [6.45, 7) is -2.18. The fourth-order valence-corrected chi connectivity index (χ4v) is 2.69. The lowest BCUT2D eigenvalue weighted by molar-refractivity contribution is -0.135. The van der Waals surface area contributed by atoms with Crippen LogP contribution in [0.15, 0.2) is 30.3 Å². The first-order chi connectivity index (χ1) is 9.60. The van der Waals surface area contributed by atoms with Crippen LogP contribution in [0.1, 0.15) is 18.4 Å². The first kappa shape index (κ1) is 13.0. The summed E-state index contributed by atoms with van der Waals surface area (Å²) in [4.78, 5) is 23.7. The van der Waals surface area contributed by atoms with Crippen LogP contribution in [0.4, 0.5) is 4.79 Å². The first-order valence-electron chi connectivity index (χ1n) is 6.49. The number of hydrogen-bond donors (Lipinski definition) is 2. The van der Waals surface area contributed by atoms with Crippen molar-refractivity contribution < 1.29 is 24.0 Å². The van der Waals surface area contributed by atoms with Crippen molar-refractivity contribution in [2.24, 2.45) is 0 Å². The van der Waals surface area contributed by atoms with Gasteiger partial charge in [-0.05, 0) is 11.4 Å². The van der Waals surface area contributed by atoms with Gasteiger partial charge in [0.2, 0.25) is 0 Å². The fourth-order valence-electron chi connectivity index (χ4n) is 2.69. The van der Waals surface area contributed by atoms with Gasteiger partial charge in [0.15, 0.2) is 12.1 Å². The minimum Gasteiger partial charge on any atom is -0.617 e. The first-order valence-corrected chi connectivity index (χ1v) is 6.49. The summed E-state index contributed by atoms with van der Waals surface area (Å²) in [5, 5.41) is 12.2. The molecule has 2 aliphatic rings. The van der Waals surface area contributed by atoms with Gasteiger partial charge in [0, 0.05) is 6.54 Å². The average molecular weight is 275 g/mol. The van der Waals surface area contributed by atoms with Crippen LogP contribution in [0.25, 0.3) is 0 Å². The number of rotatable bonds is 3. The maximum absolute atomic E-state index is 12.3. The Morgan fingerprint density at radius 1 is 1.45 bits per heavy atom. The third kappa shape index (κ3) is 2.15. The normalized spacial score (nSPS) is 28.1. The number of aliphatic hydroxyl groups is 1. The number of fused-ring (bicyclic) bond motifs is 1. The molecular formula is C13H14BNO5. The lowest BCUT2D eigenvalue weighted by Gasteiger charge is -2.24. The van der Waals surface area contributed by atoms with E-state index in [9.17, 15) is 14.7 Å². The molecule has 1 aromatic rings. The van der Waals surface area contributed by atoms with Crippen molar-refractivity contribution in [2.75, 3.05) is 0 Å². The zero-order valence-corrected chi connectivity index (χ0v) is 10.7. The molecule has 6 nitrogen and oxygen atoms in total. The predicted octanol–water partition coefficient (Wildman–Crippen LogP) is 0.719. The molecule has 0 spiro atoms. The highest BCUT2D eigenvalue weighted by molar-refractivity contribution is 7.02. The number of amides is 1. The molecule has 1 amide bonds. The van der Waals surface area contributed by atoms with Crippen LogP contribution in [0, 0.1) is 5.82 Å². The van der Waals surface area contributed by atoms with E-state index in [1.54, 1.807) is 0 Å². The van der Waals surface area contributed by atoms with E-state index in [0.29, 0.717) is 12.4 Å². The number of nitrogens with one attached hydrogen (secondary N) is 1. The van der Waals surface area contributed by atoms with Gasteiger partial charge < -0.3 is 24.5 Å². The van der Waals surface area contributed by atoms with Crippen molar-refractivity contribution in [2.45, 2.75) is 25.7 Å². The van der Waals surface area contributed by atoms with Crippen molar-refractivity contribution >= 4 is 18.3 Å². The average Bonchev–Trinajstić information content (AvgIpc) is 2.89. The lowest BCUT2D eigenvalue weighted by atomic mass is 9.48. The van der Waals surface area contributed by atoms with Crippen molar-refractivity contribution in [3.8, 4) is 0 Å². The van der Waals surface area contributed by atoms with Gasteiger partial charge >= 0.3 is 12.5 Å². The Labute approximate surface area is 116 Å². The van der Waals surface area contributed by atoms with Crippen molar-refractivity contribution in [3.63, 3.8) is 0 Å². The van der Waals surface area contributed by atoms with Crippen LogP contribution in [0.5, 0.6) is 0 Å². The van der Waals surface area contributed by atoms with Gasteiger partial charge in [-0.25, -0.2) is 0 Å². The van der Waals surface area contributed by atoms with E-state index in [2.05, 4.69) is 5.32 Å². The molecule has 2 aliphatic heterocycles. The van der Waals surface area contributed by atoms with Gasteiger partial charge in [-0.15, -0.1) is 0 Å². The van der Waals surface area contributed by atoms with Crippen molar-refractivity contribution in [1.82, 2.24) is 5.32 Å². The predicted molar refractivity (Wildman–Crippen MR) is 70.1 cm³/mol. The second-order valence-corrected chi connectivity index (χ2v) is 5.04. The number of hydrogen-bond acceptors (Lipinski definition) is 5. The van der Waals surface area contributed by atoms with Gasteiger partial charge in [0.05, 0.1) is 6.42 Å². The molecule has 2 unspecified atom stereocenters. The zero-order chi connectivity index (χ0) is 14.2. The molecule has 0 saturated carbocycles. The zero-order valence-electron chi connectivity index (χ0n) is 10.7. The molecule has 1 aromatic carbocycles. The summed E-state index contributed by atoms with van der Waals surface area (Å²) < 4.78 is 10.3. The summed E-state index contributed by atoms with van der Waals surface area (Å²) in [7, 11) is 0. The van der Waals surface area contributed by atoms with Crippen LogP contribution in [0.3, 0.4) is 0 Å². The van der Waals surface area contributed by atoms with E-state index in [-0.39, 0.29) is 12.8 Å². The highest BCUT2D eigenvalue weighted by atomic mass is 16.7. The Hall–Kier alpha value is -1.99. The van der Waals surface area contributed by atoms with E-state index in [1.165, 1.54) is 0 Å². The van der Waals surface area contributed by atoms with E-state index in [1.807, 2.05) is 30.3 Å². The van der Waals surface area contributed by atoms with E-state index in [4.69, 9.17) is 9.31 Å². The van der Waals surface area contributed by atoms with Crippen LogP contribution >= 0.6 is 0 Å². The van der Waals surface area contributed by atoms with Gasteiger partial charge in [-0.2, -0.15) is 0 Å². The fraction of sp³-hybridized carbons (Fsp3) is 0.308. The molecule has 104 valence electrons. The van der Waals surface area contributed by atoms with Crippen LogP contribution < -0.4 is 5.32 Å². The molecule has 2 saturated heterocycles. The lowest BCUT2D eigenvalue weighted by Crippen LogP contribution is -2.54. The smallest absolute Gasteiger partial charge is 0.589 e. The molecule has 7 heteroatoms. The van der Waals surface area contributed by atoms with Crippen molar-refractivity contribution in [3.05, 3.63) is 41.7 Å². The monoisotopic (exact) mass is 275 g/mol. The summed E-state index contributed by atoms with van der Waals surface area (Å²) in [6.07, 6.45) is -0.874. The van der Waals surface area contributed by atoms with E-state index in [0.717, 1.165) is 5.56 Å². The van der Waals surface area contributed by atoms with E-state index >= 15 is 0 Å². The quantitative estimate of drug-likeness (QED) is 0.627. The van der Waals surface area contributed by atoms with Gasteiger partial charge in [-0.3, -0.25) is 4.79 Å². The summed E-state index contributed by atoms with van der Waals surface area (Å²) >= 11 is 0. The summed E-state index contributed by atoms with van der Waals surface area (Å²) in [5.41, 5.74) is 0.928. The third-order valence-corrected chi connectivity index (χ3v) is 3.65. The molecular weight excluding hydrogens is 261 g/mol. The van der Waals surface area contributed by atoms with Gasteiger partial charge in [0.25, 0.3) is 0 Å². The minimum atomic E-state index is -2.50. The van der Waals surface area contributed by atoms with Crippen molar-refractivity contribution in [1.29, 1.82) is 0 Å². The SMILES string of the molecule is O=C1C[C+]2CC(O)O[B-]2(C(=O)NCc2ccccc2)O1. The molecule has 2 heterocycles. The summed E-state index contributed by atoms with van der Waals surface area (Å²) in [6, 6.07) is 9.37. The highest BCUT2D eigenvalue weighted by Gasteiger charge is 2.67. The topological polar surface area (TPSA) is 84.9 Å². The van der Waals surface area contributed by atoms with Gasteiger partial charge in [-0.1, -0.05) is 30.3 Å². The standard InChI is InChI=1S/C13H14BNO5/c16-11-6-10-7-12(17)20-14(10,19-11)13(18)15-8-9-4-2-1-3-5-9/h1-5,11,16H,6-8H2,(H,15,18). The minimum absolute atomic E-state index is 0.0375. The Morgan fingerprint density at radius 3 is 2.95 bits per heavy atom. The molecule has 2 atom stereocenters. The molecule has 0 aromatic heterocycles.